The first-order valence-electron chi connectivity index (χ1n) is 10.2. The molecule has 0 spiro atoms. The summed E-state index contributed by atoms with van der Waals surface area (Å²) in [5.74, 6) is 0.861. The van der Waals surface area contributed by atoms with E-state index in [0.717, 1.165) is 70.4 Å². The molecule has 0 atom stereocenters. The molecule has 1 aromatic heterocycles. The van der Waals surface area contributed by atoms with E-state index >= 15 is 0 Å². The van der Waals surface area contributed by atoms with Gasteiger partial charge in [0.05, 0.1) is 32.5 Å². The lowest BCUT2D eigenvalue weighted by molar-refractivity contribution is 0.0376. The van der Waals surface area contributed by atoms with E-state index in [9.17, 15) is 0 Å². The molecular weight excluding hydrogens is 352 g/mol. The van der Waals surface area contributed by atoms with Crippen LogP contribution in [0.4, 0.5) is 0 Å². The van der Waals surface area contributed by atoms with E-state index in [4.69, 9.17) is 9.73 Å². The van der Waals surface area contributed by atoms with Gasteiger partial charge in [0, 0.05) is 37.9 Å². The minimum atomic E-state index is 0.619. The molecular formula is C21H32N6O. The molecule has 1 fully saturated rings. The van der Waals surface area contributed by atoms with E-state index in [1.807, 2.05) is 16.9 Å². The van der Waals surface area contributed by atoms with Crippen LogP contribution < -0.4 is 10.6 Å². The van der Waals surface area contributed by atoms with Crippen molar-refractivity contribution in [3.05, 3.63) is 53.9 Å². The minimum Gasteiger partial charge on any atom is -0.379 e. The molecule has 0 unspecified atom stereocenters. The summed E-state index contributed by atoms with van der Waals surface area (Å²) in [4.78, 5) is 7.15. The topological polar surface area (TPSA) is 66.7 Å². The van der Waals surface area contributed by atoms with Crippen LogP contribution >= 0.6 is 0 Å². The van der Waals surface area contributed by atoms with E-state index in [0.29, 0.717) is 6.54 Å². The average Bonchev–Trinajstić information content (AvgIpc) is 3.18. The Morgan fingerprint density at radius 1 is 1.14 bits per heavy atom. The van der Waals surface area contributed by atoms with E-state index < -0.39 is 0 Å². The molecule has 2 heterocycles. The Morgan fingerprint density at radius 3 is 2.75 bits per heavy atom. The van der Waals surface area contributed by atoms with Crippen molar-refractivity contribution in [1.82, 2.24) is 25.3 Å². The van der Waals surface area contributed by atoms with Gasteiger partial charge < -0.3 is 15.4 Å². The van der Waals surface area contributed by atoms with E-state index in [-0.39, 0.29) is 0 Å². The van der Waals surface area contributed by atoms with Crippen molar-refractivity contribution in [2.45, 2.75) is 26.4 Å². The lowest BCUT2D eigenvalue weighted by Gasteiger charge is -2.26. The van der Waals surface area contributed by atoms with Gasteiger partial charge in [-0.1, -0.05) is 30.3 Å². The quantitative estimate of drug-likeness (QED) is 0.391. The van der Waals surface area contributed by atoms with Gasteiger partial charge in [-0.3, -0.25) is 9.58 Å². The summed E-state index contributed by atoms with van der Waals surface area (Å²) in [5.41, 5.74) is 2.36. The predicted molar refractivity (Wildman–Crippen MR) is 112 cm³/mol. The summed E-state index contributed by atoms with van der Waals surface area (Å²) in [6.45, 7) is 10.1. The van der Waals surface area contributed by atoms with E-state index in [2.05, 4.69) is 58.0 Å². The van der Waals surface area contributed by atoms with Gasteiger partial charge >= 0.3 is 0 Å². The second-order valence-electron chi connectivity index (χ2n) is 6.96. The second kappa shape index (κ2) is 11.5. The third-order valence-electron chi connectivity index (χ3n) is 4.69. The monoisotopic (exact) mass is 384 g/mol. The van der Waals surface area contributed by atoms with Gasteiger partial charge in [0.15, 0.2) is 5.96 Å². The number of hydrogen-bond donors (Lipinski definition) is 2. The number of hydrogen-bond acceptors (Lipinski definition) is 4. The number of nitrogens with zero attached hydrogens (tertiary/aromatic N) is 4. The molecule has 0 saturated carbocycles. The van der Waals surface area contributed by atoms with Crippen LogP contribution in [0.15, 0.2) is 47.7 Å². The SMILES string of the molecule is CCNC(=NCc1cnn(Cc2ccccc2)c1)NCCCN1CCOCC1. The normalized spacial score (nSPS) is 15.5. The number of morpholine rings is 1. The first-order chi connectivity index (χ1) is 13.8. The number of ether oxygens (including phenoxy) is 1. The van der Waals surface area contributed by atoms with Gasteiger partial charge in [0.25, 0.3) is 0 Å². The molecule has 2 N–H and O–H groups in total. The van der Waals surface area contributed by atoms with Crippen LogP contribution in [-0.4, -0.2) is 66.6 Å². The van der Waals surface area contributed by atoms with E-state index in [1.165, 1.54) is 5.56 Å². The second-order valence-corrected chi connectivity index (χ2v) is 6.96. The van der Waals surface area contributed by atoms with Crippen LogP contribution in [0.1, 0.15) is 24.5 Å². The molecule has 152 valence electrons. The Morgan fingerprint density at radius 2 is 1.96 bits per heavy atom. The van der Waals surface area contributed by atoms with Crippen molar-refractivity contribution in [2.75, 3.05) is 45.9 Å². The molecule has 7 heteroatoms. The summed E-state index contributed by atoms with van der Waals surface area (Å²) < 4.78 is 7.35. The molecule has 2 aromatic rings. The Bertz CT molecular complexity index is 709. The molecule has 3 rings (SSSR count). The van der Waals surface area contributed by atoms with Crippen molar-refractivity contribution in [3.63, 3.8) is 0 Å². The van der Waals surface area contributed by atoms with Gasteiger partial charge in [0.1, 0.15) is 0 Å². The zero-order chi connectivity index (χ0) is 19.4. The number of aliphatic imine (C=N–C) groups is 1. The van der Waals surface area contributed by atoms with Crippen LogP contribution in [-0.2, 0) is 17.8 Å². The van der Waals surface area contributed by atoms with Crippen LogP contribution in [0.5, 0.6) is 0 Å². The zero-order valence-corrected chi connectivity index (χ0v) is 16.8. The third-order valence-corrected chi connectivity index (χ3v) is 4.69. The highest BCUT2D eigenvalue weighted by atomic mass is 16.5. The van der Waals surface area contributed by atoms with Crippen LogP contribution in [0.25, 0.3) is 0 Å². The fourth-order valence-electron chi connectivity index (χ4n) is 3.19. The number of rotatable bonds is 9. The largest absolute Gasteiger partial charge is 0.379 e. The van der Waals surface area contributed by atoms with Crippen molar-refractivity contribution in [3.8, 4) is 0 Å². The highest BCUT2D eigenvalue weighted by molar-refractivity contribution is 5.79. The summed E-state index contributed by atoms with van der Waals surface area (Å²) in [7, 11) is 0. The smallest absolute Gasteiger partial charge is 0.191 e. The summed E-state index contributed by atoms with van der Waals surface area (Å²) >= 11 is 0. The van der Waals surface area contributed by atoms with Gasteiger partial charge in [-0.15, -0.1) is 0 Å². The Hall–Kier alpha value is -2.38. The lowest BCUT2D eigenvalue weighted by Crippen LogP contribution is -2.40. The summed E-state index contributed by atoms with van der Waals surface area (Å²) in [6, 6.07) is 10.4. The maximum atomic E-state index is 5.39. The average molecular weight is 385 g/mol. The molecule has 1 aliphatic heterocycles. The Balaban J connectivity index is 1.43. The van der Waals surface area contributed by atoms with Crippen molar-refractivity contribution in [2.24, 2.45) is 4.99 Å². The van der Waals surface area contributed by atoms with Crippen LogP contribution in [0.2, 0.25) is 0 Å². The molecule has 1 aromatic carbocycles. The van der Waals surface area contributed by atoms with Gasteiger partial charge in [-0.25, -0.2) is 4.99 Å². The van der Waals surface area contributed by atoms with Crippen LogP contribution in [0, 0.1) is 0 Å². The molecule has 0 aliphatic carbocycles. The maximum Gasteiger partial charge on any atom is 0.191 e. The van der Waals surface area contributed by atoms with Crippen molar-refractivity contribution >= 4 is 5.96 Å². The highest BCUT2D eigenvalue weighted by Gasteiger charge is 2.09. The molecule has 1 saturated heterocycles. The van der Waals surface area contributed by atoms with Gasteiger partial charge in [-0.2, -0.15) is 5.10 Å². The number of benzene rings is 1. The molecule has 0 amide bonds. The standard InChI is InChI=1S/C21H32N6O/c1-2-22-21(23-9-6-10-26-11-13-28-14-12-26)24-15-20-16-25-27(18-20)17-19-7-4-3-5-8-19/h3-5,7-8,16,18H,2,6,9-15,17H2,1H3,(H2,22,23,24). The molecule has 7 nitrogen and oxygen atoms in total. The summed E-state index contributed by atoms with van der Waals surface area (Å²) in [5, 5.41) is 11.2. The first-order valence-corrected chi connectivity index (χ1v) is 10.2. The van der Waals surface area contributed by atoms with Gasteiger partial charge in [0.2, 0.25) is 0 Å². The van der Waals surface area contributed by atoms with Crippen molar-refractivity contribution < 1.29 is 4.74 Å². The first kappa shape index (κ1) is 20.4. The van der Waals surface area contributed by atoms with Gasteiger partial charge in [-0.05, 0) is 25.5 Å². The molecule has 0 radical (unpaired) electrons. The van der Waals surface area contributed by atoms with Crippen LogP contribution in [0.3, 0.4) is 0 Å². The number of guanidine groups is 1. The maximum absolute atomic E-state index is 5.39. The number of aromatic nitrogens is 2. The fraction of sp³-hybridized carbons (Fsp3) is 0.524. The predicted octanol–water partition coefficient (Wildman–Crippen LogP) is 1.71. The highest BCUT2D eigenvalue weighted by Crippen LogP contribution is 2.05. The Labute approximate surface area is 167 Å². The van der Waals surface area contributed by atoms with Crippen molar-refractivity contribution in [1.29, 1.82) is 0 Å². The molecule has 28 heavy (non-hydrogen) atoms. The minimum absolute atomic E-state index is 0.619. The Kier molecular flexibility index (Phi) is 8.33. The van der Waals surface area contributed by atoms with E-state index in [1.54, 1.807) is 0 Å². The lowest BCUT2D eigenvalue weighted by atomic mass is 10.2. The zero-order valence-electron chi connectivity index (χ0n) is 16.8. The fourth-order valence-corrected chi connectivity index (χ4v) is 3.19. The summed E-state index contributed by atoms with van der Waals surface area (Å²) in [6.07, 6.45) is 5.06. The third kappa shape index (κ3) is 6.98. The molecule has 0 bridgehead atoms. The molecule has 1 aliphatic rings. The number of nitrogens with one attached hydrogen (secondary N) is 2.